The van der Waals surface area contributed by atoms with Crippen molar-refractivity contribution in [3.63, 3.8) is 0 Å². The van der Waals surface area contributed by atoms with Crippen LogP contribution in [-0.4, -0.2) is 61.1 Å². The summed E-state index contributed by atoms with van der Waals surface area (Å²) in [5.41, 5.74) is 0. The minimum Gasteiger partial charge on any atom is -0.460 e. The van der Waals surface area contributed by atoms with Gasteiger partial charge in [-0.1, -0.05) is 0 Å². The van der Waals surface area contributed by atoms with Crippen LogP contribution < -0.4 is 9.46 Å². The molecule has 1 aromatic rings. The van der Waals surface area contributed by atoms with Gasteiger partial charge in [0.1, 0.15) is 6.10 Å². The van der Waals surface area contributed by atoms with Crippen molar-refractivity contribution < 1.29 is 22.3 Å². The normalized spacial score (nSPS) is 26.2. The van der Waals surface area contributed by atoms with Gasteiger partial charge in [0, 0.05) is 19.1 Å². The Morgan fingerprint density at radius 1 is 1.17 bits per heavy atom. The predicted octanol–water partition coefficient (Wildman–Crippen LogP) is 0.472. The van der Waals surface area contributed by atoms with Gasteiger partial charge in [0.05, 0.1) is 25.6 Å². The highest BCUT2D eigenvalue weighted by Gasteiger charge is 2.30. The fourth-order valence-electron chi connectivity index (χ4n) is 2.88. The molecule has 0 unspecified atom stereocenters. The van der Waals surface area contributed by atoms with Crippen molar-refractivity contribution in [1.82, 2.24) is 19.0 Å². The first kappa shape index (κ1) is 17.5. The van der Waals surface area contributed by atoms with Crippen LogP contribution >= 0.6 is 0 Å². The second-order valence-corrected chi connectivity index (χ2v) is 7.61. The standard InChI is InChI=1S/C14H21FN4O4S/c15-11-9-16-14(17-10-11)23-13-3-1-12(2-4-13)18-24(20,21)19-5-7-22-8-6-19/h9-10,12-13,18H,1-8H2. The molecule has 1 saturated carbocycles. The Morgan fingerprint density at radius 3 is 2.42 bits per heavy atom. The second kappa shape index (κ2) is 7.68. The van der Waals surface area contributed by atoms with Crippen molar-refractivity contribution in [1.29, 1.82) is 0 Å². The summed E-state index contributed by atoms with van der Waals surface area (Å²) in [4.78, 5) is 7.55. The minimum atomic E-state index is -3.47. The summed E-state index contributed by atoms with van der Waals surface area (Å²) in [6.45, 7) is 1.63. The van der Waals surface area contributed by atoms with E-state index in [0.29, 0.717) is 52.0 Å². The number of rotatable bonds is 5. The lowest BCUT2D eigenvalue weighted by Crippen LogP contribution is -2.50. The van der Waals surface area contributed by atoms with Crippen molar-refractivity contribution in [2.75, 3.05) is 26.3 Å². The monoisotopic (exact) mass is 360 g/mol. The third-order valence-electron chi connectivity index (χ3n) is 4.17. The van der Waals surface area contributed by atoms with Crippen molar-refractivity contribution >= 4 is 10.2 Å². The molecule has 0 radical (unpaired) electrons. The van der Waals surface area contributed by atoms with Crippen LogP contribution in [0.4, 0.5) is 4.39 Å². The number of nitrogens with one attached hydrogen (secondary N) is 1. The average Bonchev–Trinajstić information content (AvgIpc) is 2.59. The van der Waals surface area contributed by atoms with E-state index in [1.807, 2.05) is 0 Å². The molecule has 10 heteroatoms. The largest absolute Gasteiger partial charge is 0.460 e. The molecule has 1 aliphatic heterocycles. The minimum absolute atomic E-state index is 0.0837. The summed E-state index contributed by atoms with van der Waals surface area (Å²) in [6, 6.07) is 0.0422. The summed E-state index contributed by atoms with van der Waals surface area (Å²) in [5, 5.41) is 0. The smallest absolute Gasteiger partial charge is 0.316 e. The van der Waals surface area contributed by atoms with Gasteiger partial charge in [-0.25, -0.2) is 14.4 Å². The van der Waals surface area contributed by atoms with Crippen LogP contribution in [0.1, 0.15) is 25.7 Å². The summed E-state index contributed by atoms with van der Waals surface area (Å²) >= 11 is 0. The Balaban J connectivity index is 1.47. The quantitative estimate of drug-likeness (QED) is 0.821. The Hall–Kier alpha value is -1.36. The molecule has 8 nitrogen and oxygen atoms in total. The molecule has 0 atom stereocenters. The van der Waals surface area contributed by atoms with E-state index < -0.39 is 16.0 Å². The average molecular weight is 360 g/mol. The maximum Gasteiger partial charge on any atom is 0.316 e. The molecule has 2 fully saturated rings. The van der Waals surface area contributed by atoms with Crippen molar-refractivity contribution in [2.24, 2.45) is 0 Å². The topological polar surface area (TPSA) is 93.7 Å². The van der Waals surface area contributed by atoms with Gasteiger partial charge >= 0.3 is 6.01 Å². The number of ether oxygens (including phenoxy) is 2. The van der Waals surface area contributed by atoms with Gasteiger partial charge < -0.3 is 9.47 Å². The van der Waals surface area contributed by atoms with Crippen LogP contribution in [0, 0.1) is 5.82 Å². The molecule has 1 saturated heterocycles. The van der Waals surface area contributed by atoms with Gasteiger partial charge in [0.25, 0.3) is 10.2 Å². The van der Waals surface area contributed by atoms with Crippen molar-refractivity contribution in [3.8, 4) is 6.01 Å². The van der Waals surface area contributed by atoms with E-state index in [1.165, 1.54) is 4.31 Å². The van der Waals surface area contributed by atoms with Gasteiger partial charge in [-0.15, -0.1) is 0 Å². The van der Waals surface area contributed by atoms with E-state index in [4.69, 9.17) is 9.47 Å². The van der Waals surface area contributed by atoms with E-state index in [0.717, 1.165) is 12.4 Å². The Morgan fingerprint density at radius 2 is 1.79 bits per heavy atom. The molecule has 134 valence electrons. The molecule has 2 aliphatic rings. The van der Waals surface area contributed by atoms with Crippen molar-refractivity contribution in [3.05, 3.63) is 18.2 Å². The first-order valence-electron chi connectivity index (χ1n) is 8.02. The zero-order valence-corrected chi connectivity index (χ0v) is 14.0. The van der Waals surface area contributed by atoms with Crippen LogP contribution in [0.2, 0.25) is 0 Å². The van der Waals surface area contributed by atoms with Crippen LogP contribution in [0.3, 0.4) is 0 Å². The molecule has 1 aliphatic carbocycles. The molecule has 0 bridgehead atoms. The summed E-state index contributed by atoms with van der Waals surface area (Å²) in [6.07, 6.45) is 4.77. The molecule has 1 aromatic heterocycles. The SMILES string of the molecule is O=S(=O)(NC1CCC(Oc2ncc(F)cn2)CC1)N1CCOCC1. The zero-order valence-electron chi connectivity index (χ0n) is 13.2. The maximum absolute atomic E-state index is 12.8. The fourth-order valence-corrected chi connectivity index (χ4v) is 4.32. The first-order valence-corrected chi connectivity index (χ1v) is 9.46. The van der Waals surface area contributed by atoms with E-state index in [-0.39, 0.29) is 18.2 Å². The summed E-state index contributed by atoms with van der Waals surface area (Å²) < 4.78 is 52.4. The number of aromatic nitrogens is 2. The Labute approximate surface area is 140 Å². The van der Waals surface area contributed by atoms with Gasteiger partial charge in [-0.3, -0.25) is 0 Å². The fraction of sp³-hybridized carbons (Fsp3) is 0.714. The van der Waals surface area contributed by atoms with Gasteiger partial charge in [0.2, 0.25) is 0 Å². The lowest BCUT2D eigenvalue weighted by atomic mass is 9.94. The molecule has 2 heterocycles. The highest BCUT2D eigenvalue weighted by atomic mass is 32.2. The van der Waals surface area contributed by atoms with Gasteiger partial charge in [-0.05, 0) is 25.7 Å². The number of morpholine rings is 1. The van der Waals surface area contributed by atoms with Gasteiger partial charge in [0.15, 0.2) is 5.82 Å². The molecule has 1 N–H and O–H groups in total. The third kappa shape index (κ3) is 4.59. The Kier molecular flexibility index (Phi) is 5.59. The lowest BCUT2D eigenvalue weighted by Gasteiger charge is -2.32. The number of halogens is 1. The number of nitrogens with zero attached hydrogens (tertiary/aromatic N) is 3. The lowest BCUT2D eigenvalue weighted by molar-refractivity contribution is 0.0719. The second-order valence-electron chi connectivity index (χ2n) is 5.91. The van der Waals surface area contributed by atoms with Crippen LogP contribution in [0.15, 0.2) is 12.4 Å². The molecule has 24 heavy (non-hydrogen) atoms. The first-order chi connectivity index (χ1) is 11.5. The van der Waals surface area contributed by atoms with Crippen LogP contribution in [-0.2, 0) is 14.9 Å². The molecule has 0 spiro atoms. The predicted molar refractivity (Wildman–Crippen MR) is 83.1 cm³/mol. The van der Waals surface area contributed by atoms with Crippen molar-refractivity contribution in [2.45, 2.75) is 37.8 Å². The zero-order chi connectivity index (χ0) is 17.0. The number of hydrogen-bond acceptors (Lipinski definition) is 6. The molecule has 3 rings (SSSR count). The highest BCUT2D eigenvalue weighted by Crippen LogP contribution is 2.23. The third-order valence-corrected chi connectivity index (χ3v) is 5.84. The van der Waals surface area contributed by atoms with E-state index >= 15 is 0 Å². The van der Waals surface area contributed by atoms with Crippen LogP contribution in [0.25, 0.3) is 0 Å². The Bertz CT molecular complexity index is 629. The summed E-state index contributed by atoms with van der Waals surface area (Å²) in [5.74, 6) is -0.511. The van der Waals surface area contributed by atoms with Gasteiger partial charge in [-0.2, -0.15) is 17.4 Å². The highest BCUT2D eigenvalue weighted by molar-refractivity contribution is 7.87. The molecular formula is C14H21FN4O4S. The van der Waals surface area contributed by atoms with E-state index in [9.17, 15) is 12.8 Å². The number of hydrogen-bond donors (Lipinski definition) is 1. The van der Waals surface area contributed by atoms with E-state index in [1.54, 1.807) is 0 Å². The maximum atomic E-state index is 12.8. The molecule has 0 amide bonds. The molecular weight excluding hydrogens is 339 g/mol. The van der Waals surface area contributed by atoms with E-state index in [2.05, 4.69) is 14.7 Å². The van der Waals surface area contributed by atoms with Crippen LogP contribution in [0.5, 0.6) is 6.01 Å². The molecule has 0 aromatic carbocycles. The summed E-state index contributed by atoms with van der Waals surface area (Å²) in [7, 11) is -3.47.